The lowest BCUT2D eigenvalue weighted by molar-refractivity contribution is -0.119. The first kappa shape index (κ1) is 19.1. The Morgan fingerprint density at radius 2 is 1.90 bits per heavy atom. The fraction of sp³-hybridized carbons (Fsp3) is 0.190. The number of hydrogen-bond acceptors (Lipinski definition) is 5. The van der Waals surface area contributed by atoms with Crippen molar-refractivity contribution in [3.05, 3.63) is 65.7 Å². The van der Waals surface area contributed by atoms with Gasteiger partial charge in [-0.05, 0) is 32.0 Å². The molecular weight excluding hydrogens is 388 g/mol. The predicted molar refractivity (Wildman–Crippen MR) is 114 cm³/mol. The van der Waals surface area contributed by atoms with Crippen LogP contribution in [0.25, 0.3) is 22.0 Å². The van der Waals surface area contributed by atoms with E-state index in [-0.39, 0.29) is 22.7 Å². The molecule has 7 nitrogen and oxygen atoms in total. The molecule has 1 atom stereocenters. The van der Waals surface area contributed by atoms with Gasteiger partial charge in [0.25, 0.3) is 0 Å². The molecule has 29 heavy (non-hydrogen) atoms. The van der Waals surface area contributed by atoms with E-state index in [1.165, 1.54) is 11.8 Å². The van der Waals surface area contributed by atoms with Crippen molar-refractivity contribution in [2.45, 2.75) is 19.1 Å². The number of carbonyl (C=O) groups is 2. The summed E-state index contributed by atoms with van der Waals surface area (Å²) in [5, 5.41) is 0.876. The minimum atomic E-state index is -0.484. The zero-order chi connectivity index (χ0) is 20.4. The lowest BCUT2D eigenvalue weighted by atomic mass is 10.1. The van der Waals surface area contributed by atoms with Crippen LogP contribution in [0, 0.1) is 6.92 Å². The van der Waals surface area contributed by atoms with E-state index in [4.69, 9.17) is 4.42 Å². The molecule has 8 heteroatoms. The molecule has 3 N–H and O–H groups in total. The van der Waals surface area contributed by atoms with Crippen LogP contribution in [-0.4, -0.2) is 27.5 Å². The molecule has 148 valence electrons. The monoisotopic (exact) mass is 408 g/mol. The van der Waals surface area contributed by atoms with Gasteiger partial charge >= 0.3 is 5.91 Å². The number of hydrogen-bond donors (Lipinski definition) is 3. The van der Waals surface area contributed by atoms with Crippen molar-refractivity contribution in [3.8, 4) is 0 Å². The van der Waals surface area contributed by atoms with Crippen molar-refractivity contribution in [2.24, 2.45) is 0 Å². The van der Waals surface area contributed by atoms with Gasteiger partial charge in [-0.15, -0.1) is 11.8 Å². The van der Waals surface area contributed by atoms with Crippen molar-refractivity contribution in [3.63, 3.8) is 0 Å². The Labute approximate surface area is 171 Å². The number of nitrogens with zero attached hydrogens (tertiary/aromatic N) is 1. The highest BCUT2D eigenvalue weighted by atomic mass is 32.2. The molecule has 0 saturated heterocycles. The Hall–Kier alpha value is -3.26. The van der Waals surface area contributed by atoms with Gasteiger partial charge in [0, 0.05) is 10.9 Å². The second kappa shape index (κ2) is 8.00. The number of H-pyrrole nitrogens is 1. The molecule has 0 spiro atoms. The number of fused-ring (bicyclic) bond motifs is 2. The Morgan fingerprint density at radius 1 is 1.14 bits per heavy atom. The number of benzene rings is 2. The zero-order valence-electron chi connectivity index (χ0n) is 16.0. The number of aryl methyl sites for hydroxylation is 1. The summed E-state index contributed by atoms with van der Waals surface area (Å²) >= 11 is 1.43. The van der Waals surface area contributed by atoms with Crippen molar-refractivity contribution in [1.29, 1.82) is 0 Å². The highest BCUT2D eigenvalue weighted by Crippen LogP contribution is 2.27. The summed E-state index contributed by atoms with van der Waals surface area (Å²) in [4.78, 5) is 32.3. The van der Waals surface area contributed by atoms with E-state index in [9.17, 15) is 9.59 Å². The van der Waals surface area contributed by atoms with Crippen LogP contribution in [-0.2, 0) is 4.79 Å². The Kier molecular flexibility index (Phi) is 5.26. The third-order valence-electron chi connectivity index (χ3n) is 4.62. The van der Waals surface area contributed by atoms with Crippen molar-refractivity contribution in [2.75, 3.05) is 5.75 Å². The molecule has 0 aliphatic rings. The van der Waals surface area contributed by atoms with Gasteiger partial charge < -0.3 is 9.40 Å². The average Bonchev–Trinajstić information content (AvgIpc) is 3.32. The molecule has 2 aromatic carbocycles. The molecule has 0 unspecified atom stereocenters. The number of rotatable bonds is 5. The van der Waals surface area contributed by atoms with Crippen LogP contribution >= 0.6 is 11.8 Å². The fourth-order valence-electron chi connectivity index (χ4n) is 3.05. The maximum atomic E-state index is 12.4. The van der Waals surface area contributed by atoms with Crippen LogP contribution in [0.5, 0.6) is 0 Å². The summed E-state index contributed by atoms with van der Waals surface area (Å²) < 4.78 is 5.60. The van der Waals surface area contributed by atoms with Crippen LogP contribution < -0.4 is 10.9 Å². The third-order valence-corrected chi connectivity index (χ3v) is 5.77. The van der Waals surface area contributed by atoms with Gasteiger partial charge in [-0.1, -0.05) is 30.3 Å². The summed E-state index contributed by atoms with van der Waals surface area (Å²) in [5.41, 5.74) is 8.09. The average molecular weight is 408 g/mol. The molecule has 4 aromatic rings. The van der Waals surface area contributed by atoms with Crippen LogP contribution in [0.4, 0.5) is 0 Å². The summed E-state index contributed by atoms with van der Waals surface area (Å²) in [5.74, 6) is 0.389. The van der Waals surface area contributed by atoms with Gasteiger partial charge in [-0.25, -0.2) is 4.98 Å². The summed E-state index contributed by atoms with van der Waals surface area (Å²) in [6.07, 6.45) is 0. The highest BCUT2D eigenvalue weighted by molar-refractivity contribution is 8.00. The minimum Gasteiger partial charge on any atom is -0.451 e. The lowest BCUT2D eigenvalue weighted by Gasteiger charge is -2.09. The van der Waals surface area contributed by atoms with Gasteiger partial charge in [0.1, 0.15) is 11.4 Å². The standard InChI is InChI=1S/C21H20N4O3S/c1-12-14-7-3-6-10-17(14)28-19(12)21(27)25-24-18(26)11-29-13(2)20-22-15-8-4-5-9-16(15)23-20/h3-10,13H,11H2,1-2H3,(H,22,23)(H,24,26)(H,25,27)/t13-/m1/s1. The van der Waals surface area contributed by atoms with E-state index in [2.05, 4.69) is 20.8 Å². The van der Waals surface area contributed by atoms with Crippen LogP contribution in [0.1, 0.15) is 34.1 Å². The fourth-order valence-corrected chi connectivity index (χ4v) is 3.80. The Bertz CT molecular complexity index is 1160. The molecule has 0 fully saturated rings. The summed E-state index contributed by atoms with van der Waals surface area (Å²) in [7, 11) is 0. The van der Waals surface area contributed by atoms with E-state index in [0.29, 0.717) is 5.58 Å². The van der Waals surface area contributed by atoms with Gasteiger partial charge in [0.2, 0.25) is 5.91 Å². The van der Waals surface area contributed by atoms with Crippen LogP contribution in [0.3, 0.4) is 0 Å². The molecule has 2 amide bonds. The number of imidazole rings is 1. The van der Waals surface area contributed by atoms with Crippen molar-refractivity contribution in [1.82, 2.24) is 20.8 Å². The lowest BCUT2D eigenvalue weighted by Crippen LogP contribution is -2.42. The first-order chi connectivity index (χ1) is 14.0. The first-order valence-electron chi connectivity index (χ1n) is 9.16. The molecule has 2 aromatic heterocycles. The zero-order valence-corrected chi connectivity index (χ0v) is 16.8. The molecular formula is C21H20N4O3S. The number of nitrogens with one attached hydrogen (secondary N) is 3. The van der Waals surface area contributed by atoms with Crippen LogP contribution in [0.15, 0.2) is 52.9 Å². The molecule has 2 heterocycles. The number of hydrazine groups is 1. The van der Waals surface area contributed by atoms with Crippen LogP contribution in [0.2, 0.25) is 0 Å². The first-order valence-corrected chi connectivity index (χ1v) is 10.2. The molecule has 0 saturated carbocycles. The van der Waals surface area contributed by atoms with E-state index < -0.39 is 5.91 Å². The minimum absolute atomic E-state index is 0.00136. The van der Waals surface area contributed by atoms with E-state index >= 15 is 0 Å². The van der Waals surface area contributed by atoms with E-state index in [1.807, 2.05) is 56.3 Å². The van der Waals surface area contributed by atoms with Crippen molar-refractivity contribution >= 4 is 45.6 Å². The van der Waals surface area contributed by atoms with Gasteiger partial charge in [-0.3, -0.25) is 20.4 Å². The number of aromatic nitrogens is 2. The van der Waals surface area contributed by atoms with E-state index in [0.717, 1.165) is 27.8 Å². The second-order valence-corrected chi connectivity index (χ2v) is 7.98. The third kappa shape index (κ3) is 3.97. The maximum absolute atomic E-state index is 12.4. The van der Waals surface area contributed by atoms with E-state index in [1.54, 1.807) is 6.07 Å². The number of thioether (sulfide) groups is 1. The highest BCUT2D eigenvalue weighted by Gasteiger charge is 2.18. The summed E-state index contributed by atoms with van der Waals surface area (Å²) in [6, 6.07) is 15.2. The topological polar surface area (TPSA) is 100 Å². The molecule has 4 rings (SSSR count). The normalized spacial score (nSPS) is 12.2. The molecule has 0 aliphatic heterocycles. The molecule has 0 bridgehead atoms. The van der Waals surface area contributed by atoms with Crippen molar-refractivity contribution < 1.29 is 14.0 Å². The number of carbonyl (C=O) groups excluding carboxylic acids is 2. The Balaban J connectivity index is 1.31. The summed E-state index contributed by atoms with van der Waals surface area (Å²) in [6.45, 7) is 3.79. The SMILES string of the molecule is Cc1c(C(=O)NNC(=O)CS[C@H](C)c2nc3ccccc3[nH]2)oc2ccccc12. The smallest absolute Gasteiger partial charge is 0.305 e. The predicted octanol–water partition coefficient (Wildman–Crippen LogP) is 3.87. The molecule has 0 radical (unpaired) electrons. The number of aromatic amines is 1. The quantitative estimate of drug-likeness (QED) is 0.435. The number of furan rings is 1. The van der Waals surface area contributed by atoms with Gasteiger partial charge in [0.05, 0.1) is 22.0 Å². The number of amides is 2. The largest absolute Gasteiger partial charge is 0.451 e. The number of para-hydroxylation sites is 3. The van der Waals surface area contributed by atoms with Gasteiger partial charge in [-0.2, -0.15) is 0 Å². The van der Waals surface area contributed by atoms with Gasteiger partial charge in [0.15, 0.2) is 5.76 Å². The second-order valence-electron chi connectivity index (χ2n) is 6.65. The Morgan fingerprint density at radius 3 is 2.69 bits per heavy atom. The maximum Gasteiger partial charge on any atom is 0.305 e. The molecule has 0 aliphatic carbocycles.